The van der Waals surface area contributed by atoms with Crippen molar-refractivity contribution < 1.29 is 26.3 Å². The van der Waals surface area contributed by atoms with Crippen molar-refractivity contribution in [3.8, 4) is 5.75 Å². The maximum Gasteiger partial charge on any atom is 0.573 e. The molecule has 180 valence electrons. The molecule has 0 N–H and O–H groups in total. The molecule has 1 atom stereocenters. The fourth-order valence-electron chi connectivity index (χ4n) is 4.11. The maximum atomic E-state index is 13.2. The summed E-state index contributed by atoms with van der Waals surface area (Å²) >= 11 is 6.06. The van der Waals surface area contributed by atoms with Crippen molar-refractivity contribution in [2.24, 2.45) is 0 Å². The molecule has 0 spiro atoms. The Morgan fingerprint density at radius 1 is 0.794 bits per heavy atom. The Bertz CT molecular complexity index is 1210. The van der Waals surface area contributed by atoms with Crippen LogP contribution in [-0.2, 0) is 10.0 Å². The first kappa shape index (κ1) is 24.5. The molecule has 0 aliphatic carbocycles. The summed E-state index contributed by atoms with van der Waals surface area (Å²) in [5, 5.41) is 0.617. The minimum Gasteiger partial charge on any atom is -0.404 e. The van der Waals surface area contributed by atoms with Crippen molar-refractivity contribution in [1.29, 1.82) is 0 Å². The molecule has 1 heterocycles. The molecule has 0 unspecified atom stereocenters. The van der Waals surface area contributed by atoms with Gasteiger partial charge in [0.2, 0.25) is 10.0 Å². The predicted molar refractivity (Wildman–Crippen MR) is 123 cm³/mol. The molecule has 10 heteroatoms. The molecule has 0 saturated carbocycles. The molecular formula is C24H22ClF3N2O3S. The first-order chi connectivity index (χ1) is 16.1. The summed E-state index contributed by atoms with van der Waals surface area (Å²) in [5.74, 6) is -0.735. The molecule has 0 amide bonds. The molecule has 1 aliphatic rings. The van der Waals surface area contributed by atoms with Crippen molar-refractivity contribution in [3.63, 3.8) is 0 Å². The lowest BCUT2D eigenvalue weighted by atomic mass is 9.96. The molecule has 4 rings (SSSR count). The first-order valence-electron chi connectivity index (χ1n) is 10.5. The number of ether oxygens (including phenoxy) is 1. The van der Waals surface area contributed by atoms with E-state index in [1.54, 1.807) is 0 Å². The van der Waals surface area contributed by atoms with Crippen LogP contribution in [0, 0.1) is 0 Å². The minimum absolute atomic E-state index is 0.121. The highest BCUT2D eigenvalue weighted by atomic mass is 35.5. The third kappa shape index (κ3) is 5.55. The van der Waals surface area contributed by atoms with E-state index in [0.29, 0.717) is 18.1 Å². The summed E-state index contributed by atoms with van der Waals surface area (Å²) in [5.41, 5.74) is 2.06. The Kier molecular flexibility index (Phi) is 7.18. The van der Waals surface area contributed by atoms with Gasteiger partial charge in [-0.2, -0.15) is 4.31 Å². The summed E-state index contributed by atoms with van der Waals surface area (Å²) in [6, 6.07) is 22.0. The lowest BCUT2D eigenvalue weighted by Crippen LogP contribution is -2.49. The standard InChI is InChI=1S/C24H22ClF3N2O3S/c25-20-12-10-19(11-13-20)23(18-6-2-1-3-7-18)29-14-16-30(17-15-29)34(31,32)22-9-5-4-8-21(22)33-24(26,27)28/h1-13,23H,14-17H2/t23-/m0/s1. The van der Waals surface area contributed by atoms with Gasteiger partial charge in [0.15, 0.2) is 0 Å². The van der Waals surface area contributed by atoms with Crippen molar-refractivity contribution in [2.45, 2.75) is 17.3 Å². The number of rotatable bonds is 6. The fourth-order valence-corrected chi connectivity index (χ4v) is 5.77. The minimum atomic E-state index is -4.99. The van der Waals surface area contributed by atoms with Crippen LogP contribution < -0.4 is 4.74 Å². The number of hydrogen-bond donors (Lipinski definition) is 0. The van der Waals surface area contributed by atoms with Gasteiger partial charge in [0.25, 0.3) is 0 Å². The molecule has 3 aromatic carbocycles. The van der Waals surface area contributed by atoms with Gasteiger partial charge in [-0.1, -0.05) is 66.2 Å². The van der Waals surface area contributed by atoms with Gasteiger partial charge in [-0.15, -0.1) is 13.2 Å². The summed E-state index contributed by atoms with van der Waals surface area (Å²) in [6.07, 6.45) is -4.99. The Morgan fingerprint density at radius 2 is 1.35 bits per heavy atom. The van der Waals surface area contributed by atoms with Crippen LogP contribution in [0.4, 0.5) is 13.2 Å². The molecule has 34 heavy (non-hydrogen) atoms. The third-order valence-electron chi connectivity index (χ3n) is 5.63. The van der Waals surface area contributed by atoms with Crippen LogP contribution in [0.15, 0.2) is 83.8 Å². The fraction of sp³-hybridized carbons (Fsp3) is 0.250. The third-order valence-corrected chi connectivity index (χ3v) is 7.82. The number of hydrogen-bond acceptors (Lipinski definition) is 4. The molecule has 0 radical (unpaired) electrons. The quantitative estimate of drug-likeness (QED) is 0.449. The largest absolute Gasteiger partial charge is 0.573 e. The van der Waals surface area contributed by atoms with Crippen LogP contribution in [0.3, 0.4) is 0 Å². The molecule has 1 saturated heterocycles. The predicted octanol–water partition coefficient (Wildman–Crippen LogP) is 5.33. The van der Waals surface area contributed by atoms with E-state index < -0.39 is 27.0 Å². The topological polar surface area (TPSA) is 49.9 Å². The Labute approximate surface area is 201 Å². The number of nitrogens with zero attached hydrogens (tertiary/aromatic N) is 2. The van der Waals surface area contributed by atoms with Crippen LogP contribution in [0.1, 0.15) is 17.2 Å². The van der Waals surface area contributed by atoms with Crippen LogP contribution in [-0.4, -0.2) is 50.2 Å². The van der Waals surface area contributed by atoms with E-state index in [2.05, 4.69) is 9.64 Å². The van der Waals surface area contributed by atoms with Crippen molar-refractivity contribution in [3.05, 3.63) is 95.0 Å². The van der Waals surface area contributed by atoms with Gasteiger partial charge in [0.05, 0.1) is 6.04 Å². The van der Waals surface area contributed by atoms with Gasteiger partial charge in [-0.05, 0) is 35.4 Å². The zero-order valence-corrected chi connectivity index (χ0v) is 19.5. The zero-order chi connectivity index (χ0) is 24.3. The van der Waals surface area contributed by atoms with Gasteiger partial charge in [-0.25, -0.2) is 8.42 Å². The second-order valence-electron chi connectivity index (χ2n) is 7.80. The molecule has 0 aromatic heterocycles. The highest BCUT2D eigenvalue weighted by Gasteiger charge is 2.37. The van der Waals surface area contributed by atoms with E-state index in [0.717, 1.165) is 23.3 Å². The summed E-state index contributed by atoms with van der Waals surface area (Å²) in [6.45, 7) is 1.03. The highest BCUT2D eigenvalue weighted by Crippen LogP contribution is 2.34. The molecule has 0 bridgehead atoms. The Balaban J connectivity index is 1.57. The summed E-state index contributed by atoms with van der Waals surface area (Å²) in [7, 11) is -4.18. The van der Waals surface area contributed by atoms with Gasteiger partial charge < -0.3 is 4.74 Å². The van der Waals surface area contributed by atoms with E-state index >= 15 is 0 Å². The van der Waals surface area contributed by atoms with E-state index in [-0.39, 0.29) is 19.1 Å². The monoisotopic (exact) mass is 510 g/mol. The smallest absolute Gasteiger partial charge is 0.404 e. The SMILES string of the molecule is O=S(=O)(c1ccccc1OC(F)(F)F)N1CCN([C@@H](c2ccccc2)c2ccc(Cl)cc2)CC1. The molecule has 3 aromatic rings. The first-order valence-corrected chi connectivity index (χ1v) is 12.4. The second kappa shape index (κ2) is 9.95. The number of halogens is 4. The Hall–Kier alpha value is -2.59. The van der Waals surface area contributed by atoms with Crippen LogP contribution in [0.5, 0.6) is 5.75 Å². The number of para-hydroxylation sites is 1. The Morgan fingerprint density at radius 3 is 1.97 bits per heavy atom. The lowest BCUT2D eigenvalue weighted by molar-refractivity contribution is -0.275. The summed E-state index contributed by atoms with van der Waals surface area (Å²) in [4.78, 5) is 1.65. The summed E-state index contributed by atoms with van der Waals surface area (Å²) < 4.78 is 69.9. The van der Waals surface area contributed by atoms with Gasteiger partial charge in [-0.3, -0.25) is 4.90 Å². The second-order valence-corrected chi connectivity index (χ2v) is 10.1. The van der Waals surface area contributed by atoms with Crippen molar-refractivity contribution in [2.75, 3.05) is 26.2 Å². The highest BCUT2D eigenvalue weighted by molar-refractivity contribution is 7.89. The van der Waals surface area contributed by atoms with Crippen molar-refractivity contribution >= 4 is 21.6 Å². The van der Waals surface area contributed by atoms with Crippen LogP contribution in [0.2, 0.25) is 5.02 Å². The zero-order valence-electron chi connectivity index (χ0n) is 18.0. The lowest BCUT2D eigenvalue weighted by Gasteiger charge is -2.39. The molecule has 1 fully saturated rings. The average Bonchev–Trinajstić information content (AvgIpc) is 2.81. The number of benzene rings is 3. The van der Waals surface area contributed by atoms with Gasteiger partial charge in [0.1, 0.15) is 10.6 Å². The maximum absolute atomic E-state index is 13.2. The van der Waals surface area contributed by atoms with Crippen LogP contribution in [0.25, 0.3) is 0 Å². The molecular weight excluding hydrogens is 489 g/mol. The van der Waals surface area contributed by atoms with Crippen molar-refractivity contribution in [1.82, 2.24) is 9.21 Å². The van der Waals surface area contributed by atoms with Gasteiger partial charge >= 0.3 is 6.36 Å². The number of alkyl halides is 3. The van der Waals surface area contributed by atoms with Gasteiger partial charge in [0, 0.05) is 31.2 Å². The molecule has 1 aliphatic heterocycles. The number of piperazine rings is 1. The average molecular weight is 511 g/mol. The van der Waals surface area contributed by atoms with E-state index in [4.69, 9.17) is 11.6 Å². The van der Waals surface area contributed by atoms with Crippen LogP contribution >= 0.6 is 11.6 Å². The van der Waals surface area contributed by atoms with E-state index in [9.17, 15) is 21.6 Å². The van der Waals surface area contributed by atoms with E-state index in [1.807, 2.05) is 54.6 Å². The normalized spacial score (nSPS) is 16.8. The number of sulfonamides is 1. The molecule has 5 nitrogen and oxygen atoms in total. The van der Waals surface area contributed by atoms with E-state index in [1.165, 1.54) is 16.4 Å².